The Morgan fingerprint density at radius 1 is 1.53 bits per heavy atom. The molecule has 0 aromatic carbocycles. The molecule has 0 spiro atoms. The Balaban J connectivity index is 1.60. The van der Waals surface area contributed by atoms with Crippen molar-refractivity contribution in [1.82, 2.24) is 15.1 Å². The number of halogens is 1. The van der Waals surface area contributed by atoms with Crippen LogP contribution >= 0.6 is 11.6 Å². The molecular weight excluding hydrogens is 210 g/mol. The molecular formula is C11H18ClN3. The standard InChI is InChI=1S/C11H18ClN3/c1-9-11(12)8-15(14-9)7-3-2-6-13-10-4-5-10/h8,10,13H,2-7H2,1H3. The number of nitrogens with zero attached hydrogens (tertiary/aromatic N) is 2. The lowest BCUT2D eigenvalue weighted by molar-refractivity contribution is 0.532. The van der Waals surface area contributed by atoms with E-state index in [1.165, 1.54) is 19.3 Å². The van der Waals surface area contributed by atoms with E-state index in [-0.39, 0.29) is 0 Å². The average molecular weight is 228 g/mol. The van der Waals surface area contributed by atoms with Crippen molar-refractivity contribution in [3.05, 3.63) is 16.9 Å². The molecule has 0 atom stereocenters. The number of aryl methyl sites for hydroxylation is 2. The molecule has 0 aliphatic heterocycles. The molecule has 0 amide bonds. The highest BCUT2D eigenvalue weighted by Crippen LogP contribution is 2.18. The summed E-state index contributed by atoms with van der Waals surface area (Å²) in [5, 5.41) is 8.59. The van der Waals surface area contributed by atoms with Crippen molar-refractivity contribution in [1.29, 1.82) is 0 Å². The molecule has 1 fully saturated rings. The molecule has 1 aliphatic carbocycles. The van der Waals surface area contributed by atoms with Crippen LogP contribution in [0.15, 0.2) is 6.20 Å². The fraction of sp³-hybridized carbons (Fsp3) is 0.727. The van der Waals surface area contributed by atoms with Gasteiger partial charge in [0.25, 0.3) is 0 Å². The first kappa shape index (κ1) is 11.0. The molecule has 1 aromatic rings. The lowest BCUT2D eigenvalue weighted by Gasteiger charge is -2.02. The Morgan fingerprint density at radius 2 is 2.33 bits per heavy atom. The molecule has 1 aliphatic rings. The van der Waals surface area contributed by atoms with Crippen molar-refractivity contribution in [2.45, 2.75) is 45.2 Å². The fourth-order valence-corrected chi connectivity index (χ4v) is 1.75. The molecule has 0 unspecified atom stereocenters. The summed E-state index contributed by atoms with van der Waals surface area (Å²) in [5.74, 6) is 0. The Labute approximate surface area is 95.8 Å². The van der Waals surface area contributed by atoms with Gasteiger partial charge < -0.3 is 5.32 Å². The minimum Gasteiger partial charge on any atom is -0.314 e. The normalized spacial score (nSPS) is 15.9. The number of hydrogen-bond donors (Lipinski definition) is 1. The van der Waals surface area contributed by atoms with E-state index in [2.05, 4.69) is 10.4 Å². The molecule has 1 saturated carbocycles. The zero-order chi connectivity index (χ0) is 10.7. The minimum atomic E-state index is 0.770. The van der Waals surface area contributed by atoms with Crippen LogP contribution in [0.1, 0.15) is 31.4 Å². The maximum atomic E-state index is 5.92. The van der Waals surface area contributed by atoms with E-state index in [4.69, 9.17) is 11.6 Å². The topological polar surface area (TPSA) is 29.9 Å². The molecule has 1 N–H and O–H groups in total. The average Bonchev–Trinajstić information content (AvgIpc) is 2.95. The van der Waals surface area contributed by atoms with Crippen molar-refractivity contribution in [2.75, 3.05) is 6.54 Å². The first-order valence-electron chi connectivity index (χ1n) is 5.68. The molecule has 0 radical (unpaired) electrons. The van der Waals surface area contributed by atoms with Crippen LogP contribution in [-0.2, 0) is 6.54 Å². The summed E-state index contributed by atoms with van der Waals surface area (Å²) in [6, 6.07) is 0.825. The van der Waals surface area contributed by atoms with Gasteiger partial charge in [-0.05, 0) is 39.2 Å². The zero-order valence-corrected chi connectivity index (χ0v) is 9.93. The number of rotatable bonds is 6. The van der Waals surface area contributed by atoms with Crippen LogP contribution in [0.2, 0.25) is 5.02 Å². The van der Waals surface area contributed by atoms with Crippen molar-refractivity contribution in [3.8, 4) is 0 Å². The predicted octanol–water partition coefficient (Wildman–Crippen LogP) is 2.38. The highest BCUT2D eigenvalue weighted by atomic mass is 35.5. The van der Waals surface area contributed by atoms with Crippen molar-refractivity contribution in [2.24, 2.45) is 0 Å². The molecule has 4 heteroatoms. The van der Waals surface area contributed by atoms with Crippen LogP contribution in [0.25, 0.3) is 0 Å². The molecule has 84 valence electrons. The maximum absolute atomic E-state index is 5.92. The second kappa shape index (κ2) is 4.99. The Kier molecular flexibility index (Phi) is 3.65. The van der Waals surface area contributed by atoms with Gasteiger partial charge in [0.1, 0.15) is 0 Å². The third-order valence-corrected chi connectivity index (χ3v) is 3.08. The molecule has 1 heterocycles. The van der Waals surface area contributed by atoms with Crippen LogP contribution in [0, 0.1) is 6.92 Å². The van der Waals surface area contributed by atoms with Crippen molar-refractivity contribution in [3.63, 3.8) is 0 Å². The summed E-state index contributed by atoms with van der Waals surface area (Å²) in [4.78, 5) is 0. The van der Waals surface area contributed by atoms with Crippen LogP contribution in [0.4, 0.5) is 0 Å². The maximum Gasteiger partial charge on any atom is 0.0814 e. The van der Waals surface area contributed by atoms with E-state index in [1.54, 1.807) is 0 Å². The van der Waals surface area contributed by atoms with Gasteiger partial charge in [0.15, 0.2) is 0 Å². The SMILES string of the molecule is Cc1nn(CCCCNC2CC2)cc1Cl. The van der Waals surface area contributed by atoms with Gasteiger partial charge in [-0.3, -0.25) is 4.68 Å². The highest BCUT2D eigenvalue weighted by Gasteiger charge is 2.19. The molecule has 3 nitrogen and oxygen atoms in total. The lowest BCUT2D eigenvalue weighted by atomic mass is 10.3. The van der Waals surface area contributed by atoms with Gasteiger partial charge in [0.05, 0.1) is 10.7 Å². The first-order chi connectivity index (χ1) is 7.25. The Bertz CT molecular complexity index is 298. The minimum absolute atomic E-state index is 0.770. The van der Waals surface area contributed by atoms with E-state index in [0.717, 1.165) is 36.3 Å². The van der Waals surface area contributed by atoms with Gasteiger partial charge in [0, 0.05) is 18.8 Å². The first-order valence-corrected chi connectivity index (χ1v) is 6.06. The summed E-state index contributed by atoms with van der Waals surface area (Å²) in [7, 11) is 0. The molecule has 1 aromatic heterocycles. The van der Waals surface area contributed by atoms with E-state index >= 15 is 0 Å². The molecule has 15 heavy (non-hydrogen) atoms. The van der Waals surface area contributed by atoms with Crippen molar-refractivity contribution < 1.29 is 0 Å². The van der Waals surface area contributed by atoms with Crippen LogP contribution in [-0.4, -0.2) is 22.4 Å². The molecule has 0 saturated heterocycles. The van der Waals surface area contributed by atoms with Crippen molar-refractivity contribution >= 4 is 11.6 Å². The van der Waals surface area contributed by atoms with E-state index in [9.17, 15) is 0 Å². The van der Waals surface area contributed by atoms with Gasteiger partial charge in [-0.2, -0.15) is 5.10 Å². The second-order valence-corrected chi connectivity index (χ2v) is 4.67. The lowest BCUT2D eigenvalue weighted by Crippen LogP contribution is -2.17. The largest absolute Gasteiger partial charge is 0.314 e. The number of unbranched alkanes of at least 4 members (excludes halogenated alkanes) is 1. The third-order valence-electron chi connectivity index (χ3n) is 2.71. The zero-order valence-electron chi connectivity index (χ0n) is 9.17. The number of hydrogen-bond acceptors (Lipinski definition) is 2. The summed E-state index contributed by atoms with van der Waals surface area (Å²) < 4.78 is 1.94. The summed E-state index contributed by atoms with van der Waals surface area (Å²) >= 11 is 5.92. The smallest absolute Gasteiger partial charge is 0.0814 e. The molecule has 0 bridgehead atoms. The number of nitrogens with one attached hydrogen (secondary N) is 1. The third kappa shape index (κ3) is 3.50. The summed E-state index contributed by atoms with van der Waals surface area (Å²) in [6.07, 6.45) is 7.03. The Hall–Kier alpha value is -0.540. The van der Waals surface area contributed by atoms with Crippen LogP contribution in [0.5, 0.6) is 0 Å². The monoisotopic (exact) mass is 227 g/mol. The quantitative estimate of drug-likeness (QED) is 0.757. The van der Waals surface area contributed by atoms with Gasteiger partial charge >= 0.3 is 0 Å². The Morgan fingerprint density at radius 3 is 2.93 bits per heavy atom. The van der Waals surface area contributed by atoms with Gasteiger partial charge in [-0.25, -0.2) is 0 Å². The van der Waals surface area contributed by atoms with Gasteiger partial charge in [-0.1, -0.05) is 11.6 Å². The second-order valence-electron chi connectivity index (χ2n) is 4.26. The van der Waals surface area contributed by atoms with E-state index < -0.39 is 0 Å². The number of aromatic nitrogens is 2. The van der Waals surface area contributed by atoms with Crippen LogP contribution in [0.3, 0.4) is 0 Å². The predicted molar refractivity (Wildman–Crippen MR) is 62.2 cm³/mol. The summed E-state index contributed by atoms with van der Waals surface area (Å²) in [5.41, 5.74) is 0.924. The highest BCUT2D eigenvalue weighted by molar-refractivity contribution is 6.31. The summed E-state index contributed by atoms with van der Waals surface area (Å²) in [6.45, 7) is 4.05. The van der Waals surface area contributed by atoms with Crippen LogP contribution < -0.4 is 5.32 Å². The van der Waals surface area contributed by atoms with E-state index in [1.807, 2.05) is 17.8 Å². The van der Waals surface area contributed by atoms with Gasteiger partial charge in [-0.15, -0.1) is 0 Å². The van der Waals surface area contributed by atoms with Gasteiger partial charge in [0.2, 0.25) is 0 Å². The van der Waals surface area contributed by atoms with E-state index in [0.29, 0.717) is 0 Å². The fourth-order valence-electron chi connectivity index (χ4n) is 1.60. The molecule has 2 rings (SSSR count).